The Bertz CT molecular complexity index is 1660. The third-order valence-electron chi connectivity index (χ3n) is 14.8. The zero-order valence-electron chi connectivity index (χ0n) is 53.7. The molecule has 0 aromatic carbocycles. The number of unbranched alkanes of at least 4 members (excludes halogenated alkanes) is 33. The summed E-state index contributed by atoms with van der Waals surface area (Å²) in [5.41, 5.74) is 0. The molecule has 9 nitrogen and oxygen atoms in total. The van der Waals surface area contributed by atoms with E-state index in [2.05, 4.69) is 99.0 Å². The maximum absolute atomic E-state index is 13.6. The van der Waals surface area contributed by atoms with Crippen molar-refractivity contribution in [2.24, 2.45) is 0 Å². The van der Waals surface area contributed by atoms with Crippen molar-refractivity contribution in [1.29, 1.82) is 0 Å². The number of likely N-dealkylation sites (N-methyl/N-ethyl adjacent to an activating group) is 1. The number of phosphoric ester groups is 1. The number of nitrogens with zero attached hydrogens (tertiary/aromatic N) is 1. The van der Waals surface area contributed by atoms with Gasteiger partial charge in [0.05, 0.1) is 33.8 Å². The van der Waals surface area contributed by atoms with Gasteiger partial charge in [0.25, 0.3) is 7.82 Å². The van der Waals surface area contributed by atoms with Gasteiger partial charge in [0.15, 0.2) is 0 Å². The van der Waals surface area contributed by atoms with E-state index in [1.807, 2.05) is 33.3 Å². The molecule has 0 aromatic rings. The van der Waals surface area contributed by atoms with Gasteiger partial charge in [0.2, 0.25) is 5.91 Å². The lowest BCUT2D eigenvalue weighted by atomic mass is 10.0. The van der Waals surface area contributed by atoms with Crippen molar-refractivity contribution in [3.8, 4) is 0 Å². The van der Waals surface area contributed by atoms with Crippen LogP contribution in [0.4, 0.5) is 0 Å². The Kier molecular flexibility index (Phi) is 58.2. The van der Waals surface area contributed by atoms with Gasteiger partial charge in [0, 0.05) is 12.8 Å². The first-order chi connectivity index (χ1) is 39.4. The number of hydrogen-bond acceptors (Lipinski definition) is 7. The fourth-order valence-electron chi connectivity index (χ4n) is 9.64. The lowest BCUT2D eigenvalue weighted by Gasteiger charge is -2.30. The standard InChI is InChI=1S/C71H129N2O7P/c1-7-10-13-16-19-22-25-28-30-32-33-34-35-36-37-38-39-40-41-42-44-46-49-52-55-58-61-64-71(75)80-69(62-59-56-53-50-47-27-24-21-18-15-12-9-3)68(67-79-81(76,77)78-66-65-73(4,5)6)72-70(74)63-60-57-54-51-48-45-43-31-29-26-23-20-17-14-11-8-2/h10,13,19,22,28,30,33-34,36-37,39-40,59,62,68-69H,7-9,11-12,14-18,20-21,23-27,29,31-32,35,38,41-58,60-61,63-67H2,1-6H3,(H-,72,74,76,77)/b13-10-,22-19-,30-28-,34-33-,37-36-,40-39-,62-59-. The van der Waals surface area contributed by atoms with Crippen LogP contribution in [-0.2, 0) is 27.9 Å². The molecule has 0 saturated carbocycles. The summed E-state index contributed by atoms with van der Waals surface area (Å²) in [4.78, 5) is 40.1. The molecule has 0 aliphatic carbocycles. The quantitative estimate of drug-likeness (QED) is 0.0212. The second-order valence-electron chi connectivity index (χ2n) is 24.0. The predicted octanol–water partition coefficient (Wildman–Crippen LogP) is 20.7. The van der Waals surface area contributed by atoms with Crippen molar-refractivity contribution in [2.75, 3.05) is 40.9 Å². The van der Waals surface area contributed by atoms with Crippen LogP contribution in [0.5, 0.6) is 0 Å². The summed E-state index contributed by atoms with van der Waals surface area (Å²) < 4.78 is 30.4. The Labute approximate surface area is 501 Å². The normalized spacial score (nSPS) is 14.1. The third-order valence-corrected chi connectivity index (χ3v) is 15.8. The third kappa shape index (κ3) is 61.6. The van der Waals surface area contributed by atoms with Gasteiger partial charge in [-0.05, 0) is 83.1 Å². The van der Waals surface area contributed by atoms with Gasteiger partial charge >= 0.3 is 5.97 Å². The second-order valence-corrected chi connectivity index (χ2v) is 25.4. The number of carbonyl (C=O) groups excluding carboxylic acids is 2. The fraction of sp³-hybridized carbons (Fsp3) is 0.775. The fourth-order valence-corrected chi connectivity index (χ4v) is 10.4. The molecule has 1 amide bonds. The molecule has 0 spiro atoms. The van der Waals surface area contributed by atoms with Gasteiger partial charge in [-0.3, -0.25) is 14.2 Å². The summed E-state index contributed by atoms with van der Waals surface area (Å²) >= 11 is 0. The molecule has 1 N–H and O–H groups in total. The molecule has 0 radical (unpaired) electrons. The molecule has 10 heteroatoms. The number of rotatable bonds is 61. The number of phosphoric acid groups is 1. The average molecular weight is 1150 g/mol. The number of nitrogens with one attached hydrogen (secondary N) is 1. The van der Waals surface area contributed by atoms with Crippen LogP contribution in [0.15, 0.2) is 85.1 Å². The van der Waals surface area contributed by atoms with Crippen LogP contribution < -0.4 is 10.2 Å². The minimum Gasteiger partial charge on any atom is -0.756 e. The molecule has 0 aromatic heterocycles. The minimum absolute atomic E-state index is 0.0250. The van der Waals surface area contributed by atoms with E-state index in [0.717, 1.165) is 109 Å². The van der Waals surface area contributed by atoms with Crippen LogP contribution in [0, 0.1) is 0 Å². The summed E-state index contributed by atoms with van der Waals surface area (Å²) in [7, 11) is 1.18. The van der Waals surface area contributed by atoms with Gasteiger partial charge in [0.1, 0.15) is 19.3 Å². The Morgan fingerprint density at radius 3 is 1.19 bits per heavy atom. The number of carbonyl (C=O) groups is 2. The van der Waals surface area contributed by atoms with Crippen LogP contribution >= 0.6 is 7.82 Å². The van der Waals surface area contributed by atoms with Crippen molar-refractivity contribution >= 4 is 19.7 Å². The van der Waals surface area contributed by atoms with E-state index in [9.17, 15) is 19.0 Å². The van der Waals surface area contributed by atoms with E-state index in [-0.39, 0.29) is 24.9 Å². The molecule has 0 saturated heterocycles. The van der Waals surface area contributed by atoms with Crippen LogP contribution in [0.25, 0.3) is 0 Å². The summed E-state index contributed by atoms with van der Waals surface area (Å²) in [5.74, 6) is -0.543. The van der Waals surface area contributed by atoms with Gasteiger partial charge in [-0.25, -0.2) is 0 Å². The lowest BCUT2D eigenvalue weighted by Crippen LogP contribution is -2.47. The number of quaternary nitrogens is 1. The minimum atomic E-state index is -4.70. The SMILES string of the molecule is CC/C=C\C/C=C\C/C=C\C/C=C\C/C=C\C/C=C\CCCCCCCCCCC(=O)OC(/C=C\CCCCCCCCCCCC)C(COP(=O)([O-])OCC[N+](C)(C)C)NC(=O)CCCCCCCCCCCCCCCCCC. The highest BCUT2D eigenvalue weighted by Gasteiger charge is 2.27. The molecular formula is C71H129N2O7P. The number of esters is 1. The van der Waals surface area contributed by atoms with E-state index < -0.39 is 26.6 Å². The van der Waals surface area contributed by atoms with Crippen LogP contribution in [0.1, 0.15) is 303 Å². The molecule has 81 heavy (non-hydrogen) atoms. The Morgan fingerprint density at radius 1 is 0.444 bits per heavy atom. The molecular weight excluding hydrogens is 1020 g/mol. The molecule has 3 atom stereocenters. The highest BCUT2D eigenvalue weighted by molar-refractivity contribution is 7.45. The van der Waals surface area contributed by atoms with Crippen molar-refractivity contribution in [3.05, 3.63) is 85.1 Å². The molecule has 0 aliphatic rings. The van der Waals surface area contributed by atoms with Gasteiger partial charge in [-0.15, -0.1) is 0 Å². The lowest BCUT2D eigenvalue weighted by molar-refractivity contribution is -0.870. The Balaban J connectivity index is 5.10. The maximum atomic E-state index is 13.6. The van der Waals surface area contributed by atoms with E-state index in [1.165, 1.54) is 161 Å². The Morgan fingerprint density at radius 2 is 0.790 bits per heavy atom. The van der Waals surface area contributed by atoms with E-state index in [4.69, 9.17) is 13.8 Å². The van der Waals surface area contributed by atoms with Crippen molar-refractivity contribution < 1.29 is 37.3 Å². The Hall–Kier alpha value is -2.81. The molecule has 0 bridgehead atoms. The zero-order valence-corrected chi connectivity index (χ0v) is 54.6. The van der Waals surface area contributed by atoms with Crippen molar-refractivity contribution in [3.63, 3.8) is 0 Å². The summed E-state index contributed by atoms with van der Waals surface area (Å²) in [6.07, 6.45) is 79.8. The molecule has 0 rings (SSSR count). The summed E-state index contributed by atoms with van der Waals surface area (Å²) in [6.45, 7) is 6.75. The highest BCUT2D eigenvalue weighted by Crippen LogP contribution is 2.38. The largest absolute Gasteiger partial charge is 0.756 e. The zero-order chi connectivity index (χ0) is 59.3. The first-order valence-electron chi connectivity index (χ1n) is 33.9. The van der Waals surface area contributed by atoms with Crippen LogP contribution in [0.2, 0.25) is 0 Å². The van der Waals surface area contributed by atoms with Gasteiger partial charge in [-0.2, -0.15) is 0 Å². The van der Waals surface area contributed by atoms with Crippen LogP contribution in [0.3, 0.4) is 0 Å². The summed E-state index contributed by atoms with van der Waals surface area (Å²) in [5, 5.41) is 3.04. The van der Waals surface area contributed by atoms with Gasteiger partial charge in [-0.1, -0.05) is 292 Å². The molecule has 0 aliphatic heterocycles. The van der Waals surface area contributed by atoms with E-state index in [1.54, 1.807) is 0 Å². The van der Waals surface area contributed by atoms with Crippen LogP contribution in [-0.4, -0.2) is 69.4 Å². The molecule has 0 heterocycles. The molecule has 0 fully saturated rings. The molecule has 3 unspecified atom stereocenters. The number of allylic oxidation sites excluding steroid dienone is 13. The predicted molar refractivity (Wildman–Crippen MR) is 348 cm³/mol. The van der Waals surface area contributed by atoms with E-state index in [0.29, 0.717) is 17.4 Å². The summed E-state index contributed by atoms with van der Waals surface area (Å²) in [6, 6.07) is -0.893. The highest BCUT2D eigenvalue weighted by atomic mass is 31.2. The monoisotopic (exact) mass is 1150 g/mol. The number of amides is 1. The van der Waals surface area contributed by atoms with Crippen molar-refractivity contribution in [1.82, 2.24) is 5.32 Å². The number of hydrogen-bond donors (Lipinski definition) is 1. The average Bonchev–Trinajstić information content (AvgIpc) is 3.44. The number of ether oxygens (including phenoxy) is 1. The smallest absolute Gasteiger partial charge is 0.306 e. The first-order valence-corrected chi connectivity index (χ1v) is 35.4. The van der Waals surface area contributed by atoms with Gasteiger partial charge < -0.3 is 28.5 Å². The van der Waals surface area contributed by atoms with Crippen molar-refractivity contribution in [2.45, 2.75) is 315 Å². The maximum Gasteiger partial charge on any atom is 0.306 e. The first kappa shape index (κ1) is 78.2. The second kappa shape index (κ2) is 60.3. The van der Waals surface area contributed by atoms with E-state index >= 15 is 0 Å². The molecule has 470 valence electrons. The topological polar surface area (TPSA) is 114 Å².